The second-order valence-corrected chi connectivity index (χ2v) is 7.74. The lowest BCUT2D eigenvalue weighted by atomic mass is 9.88. The Balaban J connectivity index is 1.50. The van der Waals surface area contributed by atoms with Gasteiger partial charge < -0.3 is 9.84 Å². The fraction of sp³-hybridized carbons (Fsp3) is 0.316. The Morgan fingerprint density at radius 3 is 2.96 bits per heavy atom. The maximum Gasteiger partial charge on any atom is 0.279 e. The van der Waals surface area contributed by atoms with Crippen molar-refractivity contribution in [2.45, 2.75) is 32.7 Å². The molecule has 0 saturated carbocycles. The minimum atomic E-state index is -0.332. The van der Waals surface area contributed by atoms with Gasteiger partial charge in [-0.15, -0.1) is 0 Å². The van der Waals surface area contributed by atoms with Crippen LogP contribution in [0.2, 0.25) is 0 Å². The molecule has 140 valence electrons. The largest absolute Gasteiger partial charge is 0.360 e. The third-order valence-corrected chi connectivity index (χ3v) is 5.29. The number of aryl methyl sites for hydroxylation is 1. The minimum Gasteiger partial charge on any atom is -0.360 e. The van der Waals surface area contributed by atoms with E-state index in [-0.39, 0.29) is 11.7 Å². The maximum absolute atomic E-state index is 13.0. The average molecular weight is 433 g/mol. The molecule has 0 saturated heterocycles. The zero-order valence-electron chi connectivity index (χ0n) is 14.7. The van der Waals surface area contributed by atoms with Crippen molar-refractivity contribution in [2.24, 2.45) is 5.92 Å². The Hall–Kier alpha value is -2.48. The molecule has 2 heterocycles. The standard InChI is InChI=1S/C19H18BrFN4O2/c1-11-2-7-16-14(8-11)17(24-27-16)19(26)22-18-15(20)10-25(23-18)9-12-3-5-13(21)6-4-12/h3-6,10-11H,2,7-9H2,1H3,(H,22,23,26). The van der Waals surface area contributed by atoms with Gasteiger partial charge in [-0.2, -0.15) is 5.10 Å². The fourth-order valence-corrected chi connectivity index (χ4v) is 3.68. The van der Waals surface area contributed by atoms with Crippen molar-refractivity contribution in [1.82, 2.24) is 14.9 Å². The van der Waals surface area contributed by atoms with E-state index in [2.05, 4.69) is 38.4 Å². The topological polar surface area (TPSA) is 73.0 Å². The van der Waals surface area contributed by atoms with Gasteiger partial charge in [-0.1, -0.05) is 24.2 Å². The van der Waals surface area contributed by atoms with Crippen molar-refractivity contribution in [3.63, 3.8) is 0 Å². The number of halogens is 2. The number of anilines is 1. The number of aromatic nitrogens is 3. The normalized spacial score (nSPS) is 16.2. The molecule has 1 aliphatic carbocycles. The predicted molar refractivity (Wildman–Crippen MR) is 101 cm³/mol. The van der Waals surface area contributed by atoms with Gasteiger partial charge in [-0.3, -0.25) is 9.48 Å². The molecular weight excluding hydrogens is 415 g/mol. The lowest BCUT2D eigenvalue weighted by Gasteiger charge is -2.16. The van der Waals surface area contributed by atoms with E-state index in [1.165, 1.54) is 12.1 Å². The minimum absolute atomic E-state index is 0.279. The fourth-order valence-electron chi connectivity index (χ4n) is 3.26. The number of hydrogen-bond acceptors (Lipinski definition) is 4. The summed E-state index contributed by atoms with van der Waals surface area (Å²) in [6.07, 6.45) is 4.41. The Kier molecular flexibility index (Phi) is 4.82. The van der Waals surface area contributed by atoms with Crippen LogP contribution in [0.15, 0.2) is 39.5 Å². The van der Waals surface area contributed by atoms with Crippen molar-refractivity contribution in [3.05, 3.63) is 63.3 Å². The average Bonchev–Trinajstić information content (AvgIpc) is 3.20. The van der Waals surface area contributed by atoms with E-state index >= 15 is 0 Å². The van der Waals surface area contributed by atoms with Crippen LogP contribution in [0.3, 0.4) is 0 Å². The monoisotopic (exact) mass is 432 g/mol. The van der Waals surface area contributed by atoms with Gasteiger partial charge in [-0.05, 0) is 52.4 Å². The molecule has 1 amide bonds. The second-order valence-electron chi connectivity index (χ2n) is 6.88. The molecule has 27 heavy (non-hydrogen) atoms. The molecule has 1 aliphatic rings. The van der Waals surface area contributed by atoms with E-state index in [0.29, 0.717) is 28.4 Å². The molecule has 1 atom stereocenters. The highest BCUT2D eigenvalue weighted by Gasteiger charge is 2.27. The maximum atomic E-state index is 13.0. The lowest BCUT2D eigenvalue weighted by molar-refractivity contribution is 0.101. The summed E-state index contributed by atoms with van der Waals surface area (Å²) in [5.74, 6) is 1.10. The van der Waals surface area contributed by atoms with Gasteiger partial charge in [0.15, 0.2) is 11.5 Å². The summed E-state index contributed by atoms with van der Waals surface area (Å²) in [5, 5.41) is 11.2. The van der Waals surface area contributed by atoms with E-state index < -0.39 is 0 Å². The Bertz CT molecular complexity index is 980. The van der Waals surface area contributed by atoms with Gasteiger partial charge in [0.05, 0.1) is 11.0 Å². The number of hydrogen-bond donors (Lipinski definition) is 1. The predicted octanol–water partition coefficient (Wildman–Crippen LogP) is 4.20. The van der Waals surface area contributed by atoms with Crippen LogP contribution >= 0.6 is 15.9 Å². The molecule has 3 aromatic rings. The highest BCUT2D eigenvalue weighted by atomic mass is 79.9. The third-order valence-electron chi connectivity index (χ3n) is 4.71. The molecule has 0 bridgehead atoms. The first-order chi connectivity index (χ1) is 13.0. The lowest BCUT2D eigenvalue weighted by Crippen LogP contribution is -2.18. The van der Waals surface area contributed by atoms with Crippen LogP contribution in [0.1, 0.15) is 40.7 Å². The first-order valence-corrected chi connectivity index (χ1v) is 9.55. The zero-order chi connectivity index (χ0) is 19.0. The summed E-state index contributed by atoms with van der Waals surface area (Å²) < 4.78 is 20.7. The molecule has 1 unspecified atom stereocenters. The molecule has 4 rings (SSSR count). The molecule has 1 aromatic carbocycles. The smallest absolute Gasteiger partial charge is 0.279 e. The van der Waals surface area contributed by atoms with Crippen LogP contribution in [0, 0.1) is 11.7 Å². The molecular formula is C19H18BrFN4O2. The second kappa shape index (κ2) is 7.26. The molecule has 8 heteroatoms. The molecule has 0 aliphatic heterocycles. The number of nitrogens with zero attached hydrogens (tertiary/aromatic N) is 3. The summed E-state index contributed by atoms with van der Waals surface area (Å²) in [4.78, 5) is 12.7. The number of benzene rings is 1. The number of nitrogens with one attached hydrogen (secondary N) is 1. The molecule has 0 radical (unpaired) electrons. The number of amides is 1. The first-order valence-electron chi connectivity index (χ1n) is 8.75. The van der Waals surface area contributed by atoms with Crippen LogP contribution in [0.4, 0.5) is 10.2 Å². The van der Waals surface area contributed by atoms with Gasteiger partial charge >= 0.3 is 0 Å². The van der Waals surface area contributed by atoms with Crippen molar-refractivity contribution in [2.75, 3.05) is 5.32 Å². The van der Waals surface area contributed by atoms with Crippen LogP contribution in [0.5, 0.6) is 0 Å². The third kappa shape index (κ3) is 3.80. The van der Waals surface area contributed by atoms with Gasteiger partial charge in [0.2, 0.25) is 0 Å². The van der Waals surface area contributed by atoms with E-state index in [0.717, 1.165) is 36.1 Å². The molecule has 1 N–H and O–H groups in total. The SMILES string of the molecule is CC1CCc2onc(C(=O)Nc3nn(Cc4ccc(F)cc4)cc3Br)c2C1. The summed E-state index contributed by atoms with van der Waals surface area (Å²) in [6.45, 7) is 2.62. The van der Waals surface area contributed by atoms with Crippen molar-refractivity contribution in [1.29, 1.82) is 0 Å². The number of carbonyl (C=O) groups excluding carboxylic acids is 1. The van der Waals surface area contributed by atoms with Crippen LogP contribution in [0.25, 0.3) is 0 Å². The van der Waals surface area contributed by atoms with Crippen molar-refractivity contribution in [3.8, 4) is 0 Å². The first kappa shape index (κ1) is 17.9. The highest BCUT2D eigenvalue weighted by molar-refractivity contribution is 9.10. The van der Waals surface area contributed by atoms with Gasteiger partial charge in [0.25, 0.3) is 5.91 Å². The molecule has 2 aromatic heterocycles. The van der Waals surface area contributed by atoms with Crippen molar-refractivity contribution < 1.29 is 13.7 Å². The highest BCUT2D eigenvalue weighted by Crippen LogP contribution is 2.29. The van der Waals surface area contributed by atoms with Gasteiger partial charge in [0, 0.05) is 18.2 Å². The van der Waals surface area contributed by atoms with Crippen LogP contribution in [-0.2, 0) is 19.4 Å². The summed E-state index contributed by atoms with van der Waals surface area (Å²) in [5.41, 5.74) is 2.13. The summed E-state index contributed by atoms with van der Waals surface area (Å²) in [6, 6.07) is 6.22. The number of carbonyl (C=O) groups is 1. The Labute approximate surface area is 163 Å². The quantitative estimate of drug-likeness (QED) is 0.670. The number of fused-ring (bicyclic) bond motifs is 1. The zero-order valence-corrected chi connectivity index (χ0v) is 16.3. The Morgan fingerprint density at radius 1 is 1.41 bits per heavy atom. The summed E-state index contributed by atoms with van der Waals surface area (Å²) in [7, 11) is 0. The van der Waals surface area contributed by atoms with Gasteiger partial charge in [0.1, 0.15) is 11.6 Å². The van der Waals surface area contributed by atoms with Crippen LogP contribution < -0.4 is 5.32 Å². The van der Waals surface area contributed by atoms with E-state index in [9.17, 15) is 9.18 Å². The summed E-state index contributed by atoms with van der Waals surface area (Å²) >= 11 is 3.42. The van der Waals surface area contributed by atoms with E-state index in [1.807, 2.05) is 0 Å². The van der Waals surface area contributed by atoms with E-state index in [4.69, 9.17) is 4.52 Å². The Morgan fingerprint density at radius 2 is 2.19 bits per heavy atom. The molecule has 6 nitrogen and oxygen atoms in total. The van der Waals surface area contributed by atoms with Crippen molar-refractivity contribution >= 4 is 27.7 Å². The molecule has 0 fully saturated rings. The molecule has 0 spiro atoms. The number of rotatable bonds is 4. The van der Waals surface area contributed by atoms with Gasteiger partial charge in [-0.25, -0.2) is 4.39 Å². The van der Waals surface area contributed by atoms with Crippen LogP contribution in [-0.4, -0.2) is 20.8 Å². The van der Waals surface area contributed by atoms with E-state index in [1.54, 1.807) is 23.0 Å².